The first-order valence-electron chi connectivity index (χ1n) is 3.97. The lowest BCUT2D eigenvalue weighted by molar-refractivity contribution is 0.308. The van der Waals surface area contributed by atoms with Crippen molar-refractivity contribution in [1.29, 1.82) is 0 Å². The fourth-order valence-electron chi connectivity index (χ4n) is 1.03. The normalized spacial score (nSPS) is 9.43. The van der Waals surface area contributed by atoms with E-state index >= 15 is 0 Å². The van der Waals surface area contributed by atoms with Crippen LogP contribution in [0, 0.1) is 0 Å². The van der Waals surface area contributed by atoms with E-state index in [1.807, 2.05) is 0 Å². The summed E-state index contributed by atoms with van der Waals surface area (Å²) in [6, 6.07) is 1.66. The van der Waals surface area contributed by atoms with Gasteiger partial charge in [0.05, 0.1) is 28.4 Å². The van der Waals surface area contributed by atoms with E-state index in [2.05, 4.69) is 4.98 Å². The van der Waals surface area contributed by atoms with Crippen molar-refractivity contribution in [3.8, 4) is 23.3 Å². The van der Waals surface area contributed by atoms with Gasteiger partial charge in [0.25, 0.3) is 11.8 Å². The first-order chi connectivity index (χ1) is 6.76. The Kier molecular flexibility index (Phi) is 3.39. The molecule has 14 heavy (non-hydrogen) atoms. The molecule has 0 fully saturated rings. The first-order valence-corrected chi connectivity index (χ1v) is 3.97. The topological polar surface area (TPSA) is 49.8 Å². The highest BCUT2D eigenvalue weighted by Crippen LogP contribution is 2.35. The van der Waals surface area contributed by atoms with Gasteiger partial charge in [-0.1, -0.05) is 0 Å². The van der Waals surface area contributed by atoms with Crippen LogP contribution in [0.15, 0.2) is 6.07 Å². The highest BCUT2D eigenvalue weighted by molar-refractivity contribution is 5.46. The van der Waals surface area contributed by atoms with Gasteiger partial charge in [-0.25, -0.2) is 0 Å². The average molecular weight is 199 g/mol. The van der Waals surface area contributed by atoms with Crippen LogP contribution in [0.4, 0.5) is 0 Å². The van der Waals surface area contributed by atoms with Gasteiger partial charge >= 0.3 is 0 Å². The molecule has 0 aliphatic heterocycles. The van der Waals surface area contributed by atoms with Crippen LogP contribution >= 0.6 is 0 Å². The first kappa shape index (κ1) is 10.4. The van der Waals surface area contributed by atoms with Gasteiger partial charge in [0.1, 0.15) is 0 Å². The minimum absolute atomic E-state index is 0.366. The van der Waals surface area contributed by atoms with Crippen molar-refractivity contribution in [3.05, 3.63) is 6.07 Å². The molecule has 0 bridgehead atoms. The SMILES string of the molecule is COc1cc(OC)c(OC)nc1OC. The lowest BCUT2D eigenvalue weighted by atomic mass is 10.4. The molecule has 0 amide bonds. The van der Waals surface area contributed by atoms with Crippen molar-refractivity contribution >= 4 is 0 Å². The van der Waals surface area contributed by atoms with Crippen LogP contribution in [0.2, 0.25) is 0 Å². The summed E-state index contributed by atoms with van der Waals surface area (Å²) in [5, 5.41) is 0. The quantitative estimate of drug-likeness (QED) is 0.727. The lowest BCUT2D eigenvalue weighted by Gasteiger charge is -2.11. The van der Waals surface area contributed by atoms with Crippen molar-refractivity contribution in [2.45, 2.75) is 0 Å². The Morgan fingerprint density at radius 3 is 1.50 bits per heavy atom. The molecule has 0 unspecified atom stereocenters. The van der Waals surface area contributed by atoms with E-state index < -0.39 is 0 Å². The zero-order valence-corrected chi connectivity index (χ0v) is 8.66. The van der Waals surface area contributed by atoms with Crippen molar-refractivity contribution in [2.75, 3.05) is 28.4 Å². The standard InChI is InChI=1S/C9H13NO4/c1-11-6-5-7(12-2)9(14-4)10-8(6)13-3/h5H,1-4H3. The van der Waals surface area contributed by atoms with E-state index in [0.717, 1.165) is 0 Å². The molecular formula is C9H13NO4. The Morgan fingerprint density at radius 2 is 1.21 bits per heavy atom. The van der Waals surface area contributed by atoms with E-state index in [1.165, 1.54) is 28.4 Å². The van der Waals surface area contributed by atoms with Gasteiger partial charge in [-0.05, 0) is 0 Å². The van der Waals surface area contributed by atoms with Crippen molar-refractivity contribution in [2.24, 2.45) is 0 Å². The molecule has 0 atom stereocenters. The second kappa shape index (κ2) is 4.55. The molecule has 1 aromatic rings. The fourth-order valence-corrected chi connectivity index (χ4v) is 1.03. The molecule has 0 aromatic carbocycles. The lowest BCUT2D eigenvalue weighted by Crippen LogP contribution is -1.98. The minimum atomic E-state index is 0.366. The third-order valence-corrected chi connectivity index (χ3v) is 1.71. The smallest absolute Gasteiger partial charge is 0.260 e. The van der Waals surface area contributed by atoms with Gasteiger partial charge in [-0.2, -0.15) is 4.98 Å². The maximum Gasteiger partial charge on any atom is 0.260 e. The molecule has 0 N–H and O–H groups in total. The molecule has 0 radical (unpaired) electrons. The van der Waals surface area contributed by atoms with Crippen molar-refractivity contribution in [1.82, 2.24) is 4.98 Å². The van der Waals surface area contributed by atoms with Gasteiger partial charge in [0.2, 0.25) is 0 Å². The highest BCUT2D eigenvalue weighted by atomic mass is 16.5. The summed E-state index contributed by atoms with van der Waals surface area (Å²) in [7, 11) is 6.09. The van der Waals surface area contributed by atoms with E-state index in [1.54, 1.807) is 6.07 Å². The Morgan fingerprint density at radius 1 is 0.786 bits per heavy atom. The van der Waals surface area contributed by atoms with Gasteiger partial charge in [0.15, 0.2) is 11.5 Å². The van der Waals surface area contributed by atoms with Crippen LogP contribution in [0.1, 0.15) is 0 Å². The number of hydrogen-bond donors (Lipinski definition) is 0. The summed E-state index contributed by atoms with van der Waals surface area (Å²) < 4.78 is 20.1. The molecule has 5 nitrogen and oxygen atoms in total. The molecule has 0 aliphatic carbocycles. The third-order valence-electron chi connectivity index (χ3n) is 1.71. The van der Waals surface area contributed by atoms with Gasteiger partial charge in [-0.3, -0.25) is 0 Å². The summed E-state index contributed by atoms with van der Waals surface area (Å²) in [6.45, 7) is 0. The van der Waals surface area contributed by atoms with Gasteiger partial charge < -0.3 is 18.9 Å². The molecular weight excluding hydrogens is 186 g/mol. The number of pyridine rings is 1. The Hall–Kier alpha value is -1.65. The molecule has 78 valence electrons. The Balaban J connectivity index is 3.20. The largest absolute Gasteiger partial charge is 0.491 e. The molecule has 5 heteroatoms. The number of hydrogen-bond acceptors (Lipinski definition) is 5. The van der Waals surface area contributed by atoms with Crippen LogP contribution in [-0.4, -0.2) is 33.4 Å². The number of aromatic nitrogens is 1. The van der Waals surface area contributed by atoms with Crippen molar-refractivity contribution in [3.63, 3.8) is 0 Å². The predicted octanol–water partition coefficient (Wildman–Crippen LogP) is 1.12. The molecule has 0 saturated heterocycles. The zero-order chi connectivity index (χ0) is 10.6. The molecule has 0 aliphatic rings. The fraction of sp³-hybridized carbons (Fsp3) is 0.444. The third kappa shape index (κ3) is 1.81. The summed E-state index contributed by atoms with van der Waals surface area (Å²) in [5.74, 6) is 1.74. The Bertz CT molecular complexity index is 256. The molecule has 0 spiro atoms. The summed E-state index contributed by atoms with van der Waals surface area (Å²) in [4.78, 5) is 4.06. The van der Waals surface area contributed by atoms with Crippen LogP contribution in [0.5, 0.6) is 23.3 Å². The maximum absolute atomic E-state index is 5.06. The number of methoxy groups -OCH3 is 4. The van der Waals surface area contributed by atoms with Crippen molar-refractivity contribution < 1.29 is 18.9 Å². The van der Waals surface area contributed by atoms with Crippen LogP contribution < -0.4 is 18.9 Å². The second-order valence-corrected chi connectivity index (χ2v) is 2.41. The molecule has 1 aromatic heterocycles. The number of rotatable bonds is 4. The van der Waals surface area contributed by atoms with Crippen LogP contribution in [-0.2, 0) is 0 Å². The van der Waals surface area contributed by atoms with Crippen LogP contribution in [0.3, 0.4) is 0 Å². The number of nitrogens with zero attached hydrogens (tertiary/aromatic N) is 1. The van der Waals surface area contributed by atoms with E-state index in [4.69, 9.17) is 18.9 Å². The van der Waals surface area contributed by atoms with E-state index in [-0.39, 0.29) is 0 Å². The molecule has 0 saturated carbocycles. The highest BCUT2D eigenvalue weighted by Gasteiger charge is 2.13. The predicted molar refractivity (Wildman–Crippen MR) is 50.4 cm³/mol. The van der Waals surface area contributed by atoms with Crippen LogP contribution in [0.25, 0.3) is 0 Å². The zero-order valence-electron chi connectivity index (χ0n) is 8.66. The Labute approximate surface area is 82.6 Å². The summed E-state index contributed by atoms with van der Waals surface area (Å²) in [6.07, 6.45) is 0. The molecule has 1 heterocycles. The molecule has 1 rings (SSSR count). The monoisotopic (exact) mass is 199 g/mol. The summed E-state index contributed by atoms with van der Waals surface area (Å²) >= 11 is 0. The van der Waals surface area contributed by atoms with Gasteiger partial charge in [0, 0.05) is 6.07 Å². The second-order valence-electron chi connectivity index (χ2n) is 2.41. The average Bonchev–Trinajstić information content (AvgIpc) is 2.26. The van der Waals surface area contributed by atoms with E-state index in [9.17, 15) is 0 Å². The minimum Gasteiger partial charge on any atom is -0.491 e. The van der Waals surface area contributed by atoms with Gasteiger partial charge in [-0.15, -0.1) is 0 Å². The summed E-state index contributed by atoms with van der Waals surface area (Å²) in [5.41, 5.74) is 0. The maximum atomic E-state index is 5.06. The van der Waals surface area contributed by atoms with E-state index in [0.29, 0.717) is 23.3 Å². The number of ether oxygens (including phenoxy) is 4.